The highest BCUT2D eigenvalue weighted by atomic mass is 16.5. The van der Waals surface area contributed by atoms with Crippen LogP contribution in [0.3, 0.4) is 0 Å². The van der Waals surface area contributed by atoms with Crippen molar-refractivity contribution in [3.63, 3.8) is 0 Å². The van der Waals surface area contributed by atoms with Crippen LogP contribution >= 0.6 is 0 Å². The molecule has 4 rings (SSSR count). The first-order chi connectivity index (χ1) is 11.3. The molecule has 7 nitrogen and oxygen atoms in total. The van der Waals surface area contributed by atoms with Crippen molar-refractivity contribution in [1.82, 2.24) is 25.7 Å². The lowest BCUT2D eigenvalue weighted by atomic mass is 10.1. The van der Waals surface area contributed by atoms with E-state index in [4.69, 9.17) is 4.52 Å². The summed E-state index contributed by atoms with van der Waals surface area (Å²) in [5.41, 5.74) is 2.04. The molecule has 1 saturated carbocycles. The van der Waals surface area contributed by atoms with Gasteiger partial charge >= 0.3 is 0 Å². The molecule has 3 aromatic rings. The summed E-state index contributed by atoms with van der Waals surface area (Å²) in [6, 6.07) is 6.03. The lowest BCUT2D eigenvalue weighted by molar-refractivity contribution is -0.120. The van der Waals surface area contributed by atoms with Crippen molar-refractivity contribution in [3.05, 3.63) is 41.7 Å². The number of fused-ring (bicyclic) bond motifs is 1. The molecule has 1 aliphatic rings. The first kappa shape index (κ1) is 13.9. The zero-order valence-electron chi connectivity index (χ0n) is 12.6. The normalized spacial score (nSPS) is 14.3. The van der Waals surface area contributed by atoms with Gasteiger partial charge in [0, 0.05) is 18.4 Å². The van der Waals surface area contributed by atoms with Crippen molar-refractivity contribution in [3.8, 4) is 0 Å². The summed E-state index contributed by atoms with van der Waals surface area (Å²) < 4.78 is 5.16. The van der Waals surface area contributed by atoms with Crippen LogP contribution in [0.5, 0.6) is 0 Å². The van der Waals surface area contributed by atoms with Crippen molar-refractivity contribution in [1.29, 1.82) is 0 Å². The zero-order valence-corrected chi connectivity index (χ0v) is 12.6. The summed E-state index contributed by atoms with van der Waals surface area (Å²) in [5, 5.41) is 14.8. The third-order valence-corrected chi connectivity index (χ3v) is 3.98. The lowest BCUT2D eigenvalue weighted by Gasteiger charge is -2.00. The Labute approximate surface area is 132 Å². The molecule has 0 aliphatic heterocycles. The van der Waals surface area contributed by atoms with E-state index in [0.29, 0.717) is 24.1 Å². The third kappa shape index (κ3) is 3.39. The highest BCUT2D eigenvalue weighted by Gasteiger charge is 2.22. The summed E-state index contributed by atoms with van der Waals surface area (Å²) in [6.07, 6.45) is 4.91. The second-order valence-electron chi connectivity index (χ2n) is 6.00. The number of rotatable bonds is 6. The Bertz CT molecular complexity index is 834. The molecule has 7 heteroatoms. The zero-order chi connectivity index (χ0) is 15.6. The maximum atomic E-state index is 11.8. The highest BCUT2D eigenvalue weighted by molar-refractivity contribution is 5.78. The number of benzene rings is 1. The van der Waals surface area contributed by atoms with E-state index in [2.05, 4.69) is 25.7 Å². The van der Waals surface area contributed by atoms with Crippen LogP contribution in [0.1, 0.15) is 30.1 Å². The average Bonchev–Trinajstić information content (AvgIpc) is 3.09. The largest absolute Gasteiger partial charge is 0.355 e. The predicted molar refractivity (Wildman–Crippen MR) is 82.6 cm³/mol. The maximum Gasteiger partial charge on any atom is 0.236 e. The minimum absolute atomic E-state index is 0.0639. The Hall–Kier alpha value is -2.70. The van der Waals surface area contributed by atoms with Crippen molar-refractivity contribution in [2.75, 3.05) is 6.54 Å². The summed E-state index contributed by atoms with van der Waals surface area (Å²) in [5.74, 6) is 1.53. The average molecular weight is 311 g/mol. The molecule has 1 amide bonds. The minimum atomic E-state index is -0.0639. The number of aromatic amines is 1. The van der Waals surface area contributed by atoms with Crippen LogP contribution in [-0.4, -0.2) is 32.8 Å². The van der Waals surface area contributed by atoms with Crippen molar-refractivity contribution >= 4 is 16.8 Å². The van der Waals surface area contributed by atoms with E-state index in [-0.39, 0.29) is 12.3 Å². The predicted octanol–water partition coefficient (Wildman–Crippen LogP) is 1.61. The van der Waals surface area contributed by atoms with Crippen molar-refractivity contribution in [2.24, 2.45) is 5.92 Å². The van der Waals surface area contributed by atoms with Crippen LogP contribution < -0.4 is 5.32 Å². The number of H-pyrrole nitrogens is 1. The number of carbonyl (C=O) groups excluding carboxylic acids is 1. The number of nitrogens with zero attached hydrogens (tertiary/aromatic N) is 3. The molecule has 2 aromatic heterocycles. The fourth-order valence-corrected chi connectivity index (χ4v) is 2.49. The summed E-state index contributed by atoms with van der Waals surface area (Å²) in [4.78, 5) is 16.1. The Morgan fingerprint density at radius 2 is 2.30 bits per heavy atom. The van der Waals surface area contributed by atoms with Crippen LogP contribution in [-0.2, 0) is 17.6 Å². The van der Waals surface area contributed by atoms with E-state index >= 15 is 0 Å². The molecule has 2 heterocycles. The first-order valence-electron chi connectivity index (χ1n) is 7.76. The second kappa shape index (κ2) is 5.83. The molecule has 1 aromatic carbocycles. The fourth-order valence-electron chi connectivity index (χ4n) is 2.49. The van der Waals surface area contributed by atoms with E-state index < -0.39 is 0 Å². The highest BCUT2D eigenvalue weighted by Crippen LogP contribution is 2.27. The first-order valence-corrected chi connectivity index (χ1v) is 7.76. The van der Waals surface area contributed by atoms with Crippen molar-refractivity contribution < 1.29 is 9.32 Å². The fraction of sp³-hybridized carbons (Fsp3) is 0.375. The Morgan fingerprint density at radius 1 is 1.39 bits per heavy atom. The molecule has 0 saturated heterocycles. The monoisotopic (exact) mass is 311 g/mol. The van der Waals surface area contributed by atoms with Crippen molar-refractivity contribution in [2.45, 2.75) is 25.7 Å². The molecular formula is C16H17N5O2. The minimum Gasteiger partial charge on any atom is -0.355 e. The number of aromatic nitrogens is 4. The second-order valence-corrected chi connectivity index (χ2v) is 6.00. The third-order valence-electron chi connectivity index (χ3n) is 3.98. The molecule has 0 radical (unpaired) electrons. The van der Waals surface area contributed by atoms with Gasteiger partial charge in [-0.3, -0.25) is 9.89 Å². The van der Waals surface area contributed by atoms with Gasteiger partial charge in [0.1, 0.15) is 6.42 Å². The van der Waals surface area contributed by atoms with Crippen LogP contribution in [0, 0.1) is 5.92 Å². The molecule has 0 bridgehead atoms. The number of hydrogen-bond acceptors (Lipinski definition) is 5. The Kier molecular flexibility index (Phi) is 3.53. The van der Waals surface area contributed by atoms with E-state index in [1.807, 2.05) is 18.2 Å². The van der Waals surface area contributed by atoms with Gasteiger partial charge in [-0.25, -0.2) is 0 Å². The van der Waals surface area contributed by atoms with Gasteiger partial charge < -0.3 is 9.84 Å². The van der Waals surface area contributed by atoms with Gasteiger partial charge in [0.15, 0.2) is 5.82 Å². The van der Waals surface area contributed by atoms with Crippen LogP contribution in [0.2, 0.25) is 0 Å². The standard InChI is InChI=1S/C16H17N5O2/c22-15(17-8-10-1-2-10)7-16-19-14(21-23-16)6-11-3-4-12-9-18-20-13(12)5-11/h3-5,9-10H,1-2,6-8H2,(H,17,22)(H,18,20). The molecule has 0 spiro atoms. The SMILES string of the molecule is O=C(Cc1nc(Cc2ccc3cn[nH]c3c2)no1)NCC1CC1. The number of nitrogens with one attached hydrogen (secondary N) is 2. The van der Waals surface area contributed by atoms with Gasteiger partial charge in [-0.1, -0.05) is 17.3 Å². The van der Waals surface area contributed by atoms with Gasteiger partial charge in [0.2, 0.25) is 11.8 Å². The molecule has 1 fully saturated rings. The van der Waals surface area contributed by atoms with Crippen LogP contribution in [0.15, 0.2) is 28.9 Å². The molecule has 118 valence electrons. The lowest BCUT2D eigenvalue weighted by Crippen LogP contribution is -2.27. The van der Waals surface area contributed by atoms with E-state index in [1.165, 1.54) is 12.8 Å². The quantitative estimate of drug-likeness (QED) is 0.721. The molecular weight excluding hydrogens is 294 g/mol. The molecule has 0 unspecified atom stereocenters. The molecule has 1 aliphatic carbocycles. The molecule has 2 N–H and O–H groups in total. The Balaban J connectivity index is 1.37. The topological polar surface area (TPSA) is 96.7 Å². The van der Waals surface area contributed by atoms with E-state index in [9.17, 15) is 4.79 Å². The number of carbonyl (C=O) groups is 1. The summed E-state index contributed by atoms with van der Waals surface area (Å²) >= 11 is 0. The Morgan fingerprint density at radius 3 is 3.17 bits per heavy atom. The number of hydrogen-bond donors (Lipinski definition) is 2. The van der Waals surface area contributed by atoms with Crippen LogP contribution in [0.25, 0.3) is 10.9 Å². The van der Waals surface area contributed by atoms with Gasteiger partial charge in [-0.05, 0) is 30.4 Å². The molecule has 0 atom stereocenters. The van der Waals surface area contributed by atoms with E-state index in [1.54, 1.807) is 6.20 Å². The molecule has 23 heavy (non-hydrogen) atoms. The van der Waals surface area contributed by atoms with Gasteiger partial charge in [-0.15, -0.1) is 0 Å². The summed E-state index contributed by atoms with van der Waals surface area (Å²) in [6.45, 7) is 0.754. The van der Waals surface area contributed by atoms with Crippen LogP contribution in [0.4, 0.5) is 0 Å². The van der Waals surface area contributed by atoms with Gasteiger partial charge in [-0.2, -0.15) is 10.1 Å². The smallest absolute Gasteiger partial charge is 0.236 e. The van der Waals surface area contributed by atoms with Gasteiger partial charge in [0.05, 0.1) is 11.7 Å². The van der Waals surface area contributed by atoms with E-state index in [0.717, 1.165) is 23.0 Å². The summed E-state index contributed by atoms with van der Waals surface area (Å²) in [7, 11) is 0. The number of amides is 1. The van der Waals surface area contributed by atoms with Gasteiger partial charge in [0.25, 0.3) is 0 Å². The maximum absolute atomic E-state index is 11.8.